The fourth-order valence-corrected chi connectivity index (χ4v) is 2.33. The largest absolute Gasteiger partial charge is 0.344 e. The van der Waals surface area contributed by atoms with Crippen molar-refractivity contribution in [2.75, 3.05) is 11.8 Å². The zero-order valence-corrected chi connectivity index (χ0v) is 12.3. The maximum absolute atomic E-state index is 13.6. The molecule has 0 aromatic heterocycles. The van der Waals surface area contributed by atoms with Crippen molar-refractivity contribution in [2.24, 2.45) is 0 Å². The highest BCUT2D eigenvalue weighted by atomic mass is 35.5. The zero-order chi connectivity index (χ0) is 14.6. The Kier molecular flexibility index (Phi) is 5.83. The summed E-state index contributed by atoms with van der Waals surface area (Å²) in [5.74, 6) is -2.42. The Morgan fingerprint density at radius 2 is 1.84 bits per heavy atom. The van der Waals surface area contributed by atoms with Crippen molar-refractivity contribution in [1.29, 1.82) is 0 Å². The molecule has 0 fully saturated rings. The van der Waals surface area contributed by atoms with E-state index >= 15 is 0 Å². The van der Waals surface area contributed by atoms with Crippen LogP contribution in [0.5, 0.6) is 0 Å². The van der Waals surface area contributed by atoms with E-state index in [2.05, 4.69) is 5.32 Å². The second-order valence-corrected chi connectivity index (χ2v) is 5.04. The van der Waals surface area contributed by atoms with E-state index in [1.807, 2.05) is 0 Å². The van der Waals surface area contributed by atoms with Crippen LogP contribution >= 0.6 is 34.8 Å². The van der Waals surface area contributed by atoms with Gasteiger partial charge in [-0.3, -0.25) is 4.79 Å². The lowest BCUT2D eigenvalue weighted by molar-refractivity contribution is 0.0909. The molecular formula is C12H12Cl3F2NO. The monoisotopic (exact) mass is 329 g/mol. The van der Waals surface area contributed by atoms with Gasteiger partial charge in [-0.25, -0.2) is 8.78 Å². The van der Waals surface area contributed by atoms with Crippen LogP contribution in [0.2, 0.25) is 5.02 Å². The second kappa shape index (κ2) is 6.73. The minimum atomic E-state index is -0.905. The third kappa shape index (κ3) is 3.71. The standard InChI is InChI=1S/C12H12Cl3F2NO/c1-2-12(5-13,6-14)18-11(19)7-3-10(17)8(15)4-9(7)16/h3-4H,2,5-6H2,1H3,(H,18,19). The molecule has 1 amide bonds. The van der Waals surface area contributed by atoms with E-state index in [0.717, 1.165) is 12.1 Å². The molecule has 0 saturated heterocycles. The number of halogens is 5. The molecule has 0 atom stereocenters. The minimum absolute atomic E-state index is 0.0659. The van der Waals surface area contributed by atoms with Gasteiger partial charge in [0, 0.05) is 11.8 Å². The van der Waals surface area contributed by atoms with Gasteiger partial charge in [-0.15, -0.1) is 23.2 Å². The SMILES string of the molecule is CCC(CCl)(CCl)NC(=O)c1cc(F)c(Cl)cc1F. The smallest absolute Gasteiger partial charge is 0.254 e. The van der Waals surface area contributed by atoms with Crippen LogP contribution in [-0.4, -0.2) is 23.2 Å². The first-order valence-corrected chi connectivity index (χ1v) is 6.93. The summed E-state index contributed by atoms with van der Waals surface area (Å²) in [4.78, 5) is 11.9. The maximum Gasteiger partial charge on any atom is 0.254 e. The number of nitrogens with one attached hydrogen (secondary N) is 1. The van der Waals surface area contributed by atoms with Gasteiger partial charge in [0.2, 0.25) is 0 Å². The van der Waals surface area contributed by atoms with Crippen LogP contribution < -0.4 is 5.32 Å². The Hall–Kier alpha value is -0.580. The summed E-state index contributed by atoms with van der Waals surface area (Å²) < 4.78 is 26.9. The molecule has 0 radical (unpaired) electrons. The summed E-state index contributed by atoms with van der Waals surface area (Å²) in [5.41, 5.74) is -1.29. The minimum Gasteiger partial charge on any atom is -0.344 e. The summed E-state index contributed by atoms with van der Waals surface area (Å²) in [6, 6.07) is 1.50. The molecule has 2 nitrogen and oxygen atoms in total. The Morgan fingerprint density at radius 3 is 2.32 bits per heavy atom. The first kappa shape index (κ1) is 16.5. The van der Waals surface area contributed by atoms with Crippen molar-refractivity contribution < 1.29 is 13.6 Å². The van der Waals surface area contributed by atoms with E-state index in [-0.39, 0.29) is 16.8 Å². The van der Waals surface area contributed by atoms with Crippen molar-refractivity contribution >= 4 is 40.7 Å². The number of carbonyl (C=O) groups excluding carboxylic acids is 1. The molecule has 1 aromatic carbocycles. The van der Waals surface area contributed by atoms with E-state index in [0.29, 0.717) is 6.42 Å². The van der Waals surface area contributed by atoms with Gasteiger partial charge in [0.05, 0.1) is 16.1 Å². The predicted molar refractivity (Wildman–Crippen MR) is 73.3 cm³/mol. The van der Waals surface area contributed by atoms with E-state index in [9.17, 15) is 13.6 Å². The second-order valence-electron chi connectivity index (χ2n) is 4.10. The number of carbonyl (C=O) groups is 1. The molecule has 19 heavy (non-hydrogen) atoms. The Balaban J connectivity index is 3.04. The number of benzene rings is 1. The third-order valence-electron chi connectivity index (χ3n) is 2.82. The number of hydrogen-bond acceptors (Lipinski definition) is 1. The lowest BCUT2D eigenvalue weighted by Gasteiger charge is -2.29. The van der Waals surface area contributed by atoms with Gasteiger partial charge in [0.15, 0.2) is 0 Å². The number of rotatable bonds is 5. The fraction of sp³-hybridized carbons (Fsp3) is 0.417. The topological polar surface area (TPSA) is 29.1 Å². The molecule has 0 bridgehead atoms. The lowest BCUT2D eigenvalue weighted by atomic mass is 10.0. The zero-order valence-electron chi connectivity index (χ0n) is 10.1. The fourth-order valence-electron chi connectivity index (χ4n) is 1.38. The third-order valence-corrected chi connectivity index (χ3v) is 4.13. The van der Waals surface area contributed by atoms with Crippen LogP contribution in [0, 0.1) is 11.6 Å². The Bertz CT molecular complexity index is 470. The lowest BCUT2D eigenvalue weighted by Crippen LogP contribution is -2.51. The van der Waals surface area contributed by atoms with Gasteiger partial charge in [-0.05, 0) is 18.6 Å². The summed E-state index contributed by atoms with van der Waals surface area (Å²) in [5, 5.41) is 2.15. The highest BCUT2D eigenvalue weighted by Gasteiger charge is 2.29. The molecule has 0 unspecified atom stereocenters. The highest BCUT2D eigenvalue weighted by Crippen LogP contribution is 2.21. The molecule has 0 aliphatic carbocycles. The molecule has 106 valence electrons. The van der Waals surface area contributed by atoms with Crippen LogP contribution in [0.1, 0.15) is 23.7 Å². The van der Waals surface area contributed by atoms with Gasteiger partial charge < -0.3 is 5.32 Å². The molecule has 0 saturated carbocycles. The van der Waals surface area contributed by atoms with E-state index in [1.165, 1.54) is 0 Å². The van der Waals surface area contributed by atoms with Gasteiger partial charge in [0.25, 0.3) is 5.91 Å². The van der Waals surface area contributed by atoms with Crippen molar-refractivity contribution in [3.63, 3.8) is 0 Å². The molecule has 0 heterocycles. The Morgan fingerprint density at radius 1 is 1.26 bits per heavy atom. The van der Waals surface area contributed by atoms with Crippen molar-refractivity contribution in [1.82, 2.24) is 5.32 Å². The van der Waals surface area contributed by atoms with E-state index in [1.54, 1.807) is 6.92 Å². The van der Waals surface area contributed by atoms with Crippen molar-refractivity contribution in [3.05, 3.63) is 34.4 Å². The van der Waals surface area contributed by atoms with Crippen molar-refractivity contribution in [2.45, 2.75) is 18.9 Å². The molecule has 1 aromatic rings. The van der Waals surface area contributed by atoms with E-state index in [4.69, 9.17) is 34.8 Å². The molecule has 0 aliphatic heterocycles. The summed E-state index contributed by atoms with van der Waals surface area (Å²) >= 11 is 16.9. The van der Waals surface area contributed by atoms with Crippen LogP contribution in [-0.2, 0) is 0 Å². The van der Waals surface area contributed by atoms with E-state index < -0.39 is 28.6 Å². The predicted octanol–water partition coefficient (Wildman–Crippen LogP) is 3.97. The van der Waals surface area contributed by atoms with Crippen LogP contribution in [0.15, 0.2) is 12.1 Å². The Labute approximate surface area is 125 Å². The molecule has 0 spiro atoms. The van der Waals surface area contributed by atoms with Crippen molar-refractivity contribution in [3.8, 4) is 0 Å². The molecule has 1 rings (SSSR count). The first-order valence-electron chi connectivity index (χ1n) is 5.48. The number of alkyl halides is 2. The normalized spacial score (nSPS) is 11.5. The van der Waals surface area contributed by atoms with Gasteiger partial charge in [0.1, 0.15) is 11.6 Å². The highest BCUT2D eigenvalue weighted by molar-refractivity contribution is 6.30. The summed E-state index contributed by atoms with van der Waals surface area (Å²) in [6.45, 7) is 1.78. The number of hydrogen-bond donors (Lipinski definition) is 1. The van der Waals surface area contributed by atoms with Gasteiger partial charge >= 0.3 is 0 Å². The average molecular weight is 331 g/mol. The molecule has 0 aliphatic rings. The van der Waals surface area contributed by atoms with Crippen LogP contribution in [0.4, 0.5) is 8.78 Å². The van der Waals surface area contributed by atoms with Crippen LogP contribution in [0.25, 0.3) is 0 Å². The summed E-state index contributed by atoms with van der Waals surface area (Å²) in [7, 11) is 0. The maximum atomic E-state index is 13.6. The quantitative estimate of drug-likeness (QED) is 0.642. The average Bonchev–Trinajstić information content (AvgIpc) is 2.40. The molecule has 7 heteroatoms. The van der Waals surface area contributed by atoms with Gasteiger partial charge in [-0.2, -0.15) is 0 Å². The van der Waals surface area contributed by atoms with Crippen LogP contribution in [0.3, 0.4) is 0 Å². The van der Waals surface area contributed by atoms with Gasteiger partial charge in [-0.1, -0.05) is 18.5 Å². The number of amides is 1. The molecule has 1 N–H and O–H groups in total. The summed E-state index contributed by atoms with van der Waals surface area (Å²) in [6.07, 6.45) is 0.462. The molecular weight excluding hydrogens is 318 g/mol. The first-order chi connectivity index (χ1) is 8.89.